The Bertz CT molecular complexity index is 546. The van der Waals surface area contributed by atoms with Crippen LogP contribution in [0, 0.1) is 0 Å². The Kier molecular flexibility index (Phi) is 6.01. The molecule has 114 valence electrons. The first-order chi connectivity index (χ1) is 8.93. The molecular formula is C14H23ClN2O2S. The van der Waals surface area contributed by atoms with Gasteiger partial charge >= 0.3 is 0 Å². The van der Waals surface area contributed by atoms with Crippen molar-refractivity contribution in [3.8, 4) is 0 Å². The number of hydrogen-bond acceptors (Lipinski definition) is 3. The van der Waals surface area contributed by atoms with Gasteiger partial charge < -0.3 is 5.32 Å². The van der Waals surface area contributed by atoms with Gasteiger partial charge in [0, 0.05) is 25.7 Å². The summed E-state index contributed by atoms with van der Waals surface area (Å²) in [6, 6.07) is 7.30. The van der Waals surface area contributed by atoms with E-state index >= 15 is 0 Å². The summed E-state index contributed by atoms with van der Waals surface area (Å²) in [4.78, 5) is 0.410. The van der Waals surface area contributed by atoms with Crippen molar-refractivity contribution in [3.63, 3.8) is 0 Å². The molecule has 0 amide bonds. The van der Waals surface area contributed by atoms with Crippen molar-refractivity contribution in [2.45, 2.75) is 37.6 Å². The predicted octanol–water partition coefficient (Wildman–Crippen LogP) is 2.21. The summed E-state index contributed by atoms with van der Waals surface area (Å²) in [5.74, 6) is 0.329. The topological polar surface area (TPSA) is 49.4 Å². The van der Waals surface area contributed by atoms with Crippen LogP contribution in [0.3, 0.4) is 0 Å². The van der Waals surface area contributed by atoms with Crippen LogP contribution in [0.25, 0.3) is 0 Å². The fourth-order valence-electron chi connectivity index (χ4n) is 2.35. The zero-order chi connectivity index (χ0) is 14.0. The highest BCUT2D eigenvalue weighted by Gasteiger charge is 2.30. The molecule has 0 saturated carbocycles. The molecule has 2 rings (SSSR count). The Hall–Kier alpha value is -0.620. The van der Waals surface area contributed by atoms with Crippen LogP contribution in [-0.2, 0) is 10.0 Å². The molecule has 1 fully saturated rings. The number of rotatable bonds is 3. The van der Waals surface area contributed by atoms with Gasteiger partial charge in [0.1, 0.15) is 0 Å². The molecule has 1 saturated heterocycles. The van der Waals surface area contributed by atoms with Crippen LogP contribution in [-0.4, -0.2) is 38.4 Å². The fourth-order valence-corrected chi connectivity index (χ4v) is 4.04. The molecule has 0 radical (unpaired) electrons. The zero-order valence-electron chi connectivity index (χ0n) is 12.2. The molecule has 0 aromatic heterocycles. The van der Waals surface area contributed by atoms with Crippen LogP contribution in [0.5, 0.6) is 0 Å². The van der Waals surface area contributed by atoms with Crippen LogP contribution < -0.4 is 5.32 Å². The second-order valence-electron chi connectivity index (χ2n) is 5.40. The fraction of sp³-hybridized carbons (Fsp3) is 0.571. The van der Waals surface area contributed by atoms with E-state index in [2.05, 4.69) is 19.2 Å². The van der Waals surface area contributed by atoms with E-state index in [0.29, 0.717) is 30.4 Å². The zero-order valence-corrected chi connectivity index (χ0v) is 13.8. The molecule has 1 N–H and O–H groups in total. The lowest BCUT2D eigenvalue weighted by Crippen LogP contribution is -2.52. The van der Waals surface area contributed by atoms with Crippen molar-refractivity contribution in [2.75, 3.05) is 19.6 Å². The molecule has 6 heteroatoms. The second-order valence-corrected chi connectivity index (χ2v) is 7.29. The van der Waals surface area contributed by atoms with Crippen molar-refractivity contribution in [1.82, 2.24) is 9.62 Å². The minimum Gasteiger partial charge on any atom is -0.314 e. The number of nitrogens with zero attached hydrogens (tertiary/aromatic N) is 1. The van der Waals surface area contributed by atoms with Crippen molar-refractivity contribution >= 4 is 22.4 Å². The highest BCUT2D eigenvalue weighted by molar-refractivity contribution is 7.89. The molecule has 20 heavy (non-hydrogen) atoms. The van der Waals surface area contributed by atoms with Crippen LogP contribution in [0.4, 0.5) is 0 Å². The summed E-state index contributed by atoms with van der Waals surface area (Å²) >= 11 is 0. The predicted molar refractivity (Wildman–Crippen MR) is 84.0 cm³/mol. The van der Waals surface area contributed by atoms with Gasteiger partial charge in [0.2, 0.25) is 10.0 Å². The SMILES string of the molecule is CC(C)c1cccc(S(=O)(=O)N2CCNCC2C)c1.Cl. The van der Waals surface area contributed by atoms with Crippen molar-refractivity contribution in [1.29, 1.82) is 0 Å². The standard InChI is InChI=1S/C14H22N2O2S.ClH/c1-11(2)13-5-4-6-14(9-13)19(17,18)16-8-7-15-10-12(16)3;/h4-6,9,11-12,15H,7-8,10H2,1-3H3;1H. The number of hydrogen-bond donors (Lipinski definition) is 1. The number of benzene rings is 1. The minimum absolute atomic E-state index is 0. The first kappa shape index (κ1) is 17.4. The molecule has 1 aliphatic rings. The maximum atomic E-state index is 12.7. The molecule has 1 unspecified atom stereocenters. The van der Waals surface area contributed by atoms with Crippen molar-refractivity contribution in [3.05, 3.63) is 29.8 Å². The van der Waals surface area contributed by atoms with E-state index < -0.39 is 10.0 Å². The lowest BCUT2D eigenvalue weighted by atomic mass is 10.0. The first-order valence-corrected chi connectivity index (χ1v) is 8.19. The van der Waals surface area contributed by atoms with E-state index in [1.807, 2.05) is 19.1 Å². The maximum absolute atomic E-state index is 12.7. The van der Waals surface area contributed by atoms with E-state index in [0.717, 1.165) is 5.56 Å². The van der Waals surface area contributed by atoms with Gasteiger partial charge in [-0.2, -0.15) is 4.31 Å². The molecule has 0 aliphatic carbocycles. The number of halogens is 1. The average Bonchev–Trinajstić information content (AvgIpc) is 2.39. The monoisotopic (exact) mass is 318 g/mol. The third kappa shape index (κ3) is 3.52. The van der Waals surface area contributed by atoms with E-state index in [1.54, 1.807) is 16.4 Å². The van der Waals surface area contributed by atoms with Crippen LogP contribution in [0.1, 0.15) is 32.3 Å². The van der Waals surface area contributed by atoms with Crippen molar-refractivity contribution in [2.24, 2.45) is 0 Å². The van der Waals surface area contributed by atoms with E-state index in [4.69, 9.17) is 0 Å². The minimum atomic E-state index is -3.37. The average molecular weight is 319 g/mol. The smallest absolute Gasteiger partial charge is 0.243 e. The third-order valence-electron chi connectivity index (χ3n) is 3.57. The molecule has 1 aromatic rings. The number of sulfonamides is 1. The van der Waals surface area contributed by atoms with E-state index in [9.17, 15) is 8.42 Å². The number of piperazine rings is 1. The lowest BCUT2D eigenvalue weighted by molar-refractivity contribution is 0.284. The van der Waals surface area contributed by atoms with Gasteiger partial charge in [-0.15, -0.1) is 12.4 Å². The molecular weight excluding hydrogens is 296 g/mol. The van der Waals surface area contributed by atoms with Crippen LogP contribution in [0.2, 0.25) is 0 Å². The Morgan fingerprint density at radius 1 is 1.35 bits per heavy atom. The third-order valence-corrected chi connectivity index (χ3v) is 5.58. The summed E-state index contributed by atoms with van der Waals surface area (Å²) in [7, 11) is -3.37. The molecule has 0 bridgehead atoms. The van der Waals surface area contributed by atoms with E-state index in [-0.39, 0.29) is 18.4 Å². The molecule has 1 heterocycles. The largest absolute Gasteiger partial charge is 0.314 e. The molecule has 1 aliphatic heterocycles. The Morgan fingerprint density at radius 3 is 2.65 bits per heavy atom. The molecule has 4 nitrogen and oxygen atoms in total. The maximum Gasteiger partial charge on any atom is 0.243 e. The Balaban J connectivity index is 0.00000200. The van der Waals surface area contributed by atoms with E-state index in [1.165, 1.54) is 0 Å². The molecule has 1 atom stereocenters. The van der Waals surface area contributed by atoms with Gasteiger partial charge in [-0.25, -0.2) is 8.42 Å². The highest BCUT2D eigenvalue weighted by Crippen LogP contribution is 2.23. The summed E-state index contributed by atoms with van der Waals surface area (Å²) < 4.78 is 26.9. The Morgan fingerprint density at radius 2 is 2.05 bits per heavy atom. The van der Waals surface area contributed by atoms with Gasteiger partial charge in [0.05, 0.1) is 4.90 Å². The second kappa shape index (κ2) is 6.89. The quantitative estimate of drug-likeness (QED) is 0.929. The normalized spacial score (nSPS) is 20.7. The first-order valence-electron chi connectivity index (χ1n) is 6.75. The van der Waals surface area contributed by atoms with Gasteiger partial charge in [-0.3, -0.25) is 0 Å². The van der Waals surface area contributed by atoms with Crippen LogP contribution >= 0.6 is 12.4 Å². The lowest BCUT2D eigenvalue weighted by Gasteiger charge is -2.33. The van der Waals surface area contributed by atoms with Gasteiger partial charge in [0.25, 0.3) is 0 Å². The molecule has 1 aromatic carbocycles. The van der Waals surface area contributed by atoms with Crippen molar-refractivity contribution < 1.29 is 8.42 Å². The Labute approximate surface area is 128 Å². The van der Waals surface area contributed by atoms with Crippen LogP contribution in [0.15, 0.2) is 29.2 Å². The summed E-state index contributed by atoms with van der Waals surface area (Å²) in [6.07, 6.45) is 0. The van der Waals surface area contributed by atoms with Gasteiger partial charge in [0.15, 0.2) is 0 Å². The highest BCUT2D eigenvalue weighted by atomic mass is 35.5. The summed E-state index contributed by atoms with van der Waals surface area (Å²) in [5, 5.41) is 3.21. The van der Waals surface area contributed by atoms with Gasteiger partial charge in [-0.1, -0.05) is 26.0 Å². The van der Waals surface area contributed by atoms with Gasteiger partial charge in [-0.05, 0) is 30.5 Å². The number of nitrogens with one attached hydrogen (secondary N) is 1. The summed E-state index contributed by atoms with van der Waals surface area (Å²) in [5.41, 5.74) is 1.06. The summed E-state index contributed by atoms with van der Waals surface area (Å²) in [6.45, 7) is 8.04. The molecule has 0 spiro atoms.